The number of hydrogen-bond donors (Lipinski definition) is 0. The lowest BCUT2D eigenvalue weighted by atomic mass is 10.1. The van der Waals surface area contributed by atoms with Gasteiger partial charge in [-0.1, -0.05) is 39.3 Å². The molecule has 1 aromatic heterocycles. The van der Waals surface area contributed by atoms with E-state index in [2.05, 4.69) is 37.7 Å². The summed E-state index contributed by atoms with van der Waals surface area (Å²) in [7, 11) is 0. The van der Waals surface area contributed by atoms with E-state index in [1.807, 2.05) is 6.07 Å². The van der Waals surface area contributed by atoms with Crippen LogP contribution in [0.1, 0.15) is 57.5 Å². The number of nitrogens with zero attached hydrogens (tertiary/aromatic N) is 2. The molecule has 1 atom stereocenters. The molecule has 82 valence electrons. The second-order valence-corrected chi connectivity index (χ2v) is 5.76. The predicted molar refractivity (Wildman–Crippen MR) is 62.3 cm³/mol. The van der Waals surface area contributed by atoms with E-state index in [1.54, 1.807) is 0 Å². The maximum Gasteiger partial charge on any atom is 0.133 e. The lowest BCUT2D eigenvalue weighted by Gasteiger charge is -2.08. The van der Waals surface area contributed by atoms with Gasteiger partial charge in [0.15, 0.2) is 0 Å². The fourth-order valence-corrected chi connectivity index (χ4v) is 2.01. The molecule has 1 aliphatic carbocycles. The minimum atomic E-state index is 0.360. The van der Waals surface area contributed by atoms with Crippen LogP contribution in [0.3, 0.4) is 0 Å². The molecule has 0 saturated heterocycles. The molecular formula is C12H17ClN2. The molecule has 0 spiro atoms. The Labute approximate surface area is 96.1 Å². The van der Waals surface area contributed by atoms with E-state index in [0.29, 0.717) is 22.4 Å². The third kappa shape index (κ3) is 2.15. The van der Waals surface area contributed by atoms with Crippen LogP contribution in [0, 0.1) is 5.41 Å². The minimum absolute atomic E-state index is 0.360. The molecule has 0 aromatic carbocycles. The highest BCUT2D eigenvalue weighted by Crippen LogP contribution is 2.57. The summed E-state index contributed by atoms with van der Waals surface area (Å²) in [6.45, 7) is 8.74. The van der Waals surface area contributed by atoms with E-state index >= 15 is 0 Å². The van der Waals surface area contributed by atoms with Crippen molar-refractivity contribution >= 4 is 11.6 Å². The highest BCUT2D eigenvalue weighted by molar-refractivity contribution is 6.29. The summed E-state index contributed by atoms with van der Waals surface area (Å²) in [6, 6.07) is 1.87. The third-order valence-electron chi connectivity index (χ3n) is 3.15. The van der Waals surface area contributed by atoms with Crippen LogP contribution in [-0.4, -0.2) is 9.97 Å². The second-order valence-electron chi connectivity index (χ2n) is 5.37. The Morgan fingerprint density at radius 2 is 2.00 bits per heavy atom. The van der Waals surface area contributed by atoms with E-state index in [1.165, 1.54) is 6.42 Å². The van der Waals surface area contributed by atoms with Gasteiger partial charge in [0.05, 0.1) is 0 Å². The smallest absolute Gasteiger partial charge is 0.133 e. The third-order valence-corrected chi connectivity index (χ3v) is 3.34. The van der Waals surface area contributed by atoms with Gasteiger partial charge in [0.2, 0.25) is 0 Å². The molecule has 1 aromatic rings. The molecule has 1 unspecified atom stereocenters. The van der Waals surface area contributed by atoms with E-state index < -0.39 is 0 Å². The van der Waals surface area contributed by atoms with E-state index in [9.17, 15) is 0 Å². The Kier molecular flexibility index (Phi) is 2.50. The van der Waals surface area contributed by atoms with Gasteiger partial charge in [-0.25, -0.2) is 9.97 Å². The van der Waals surface area contributed by atoms with Gasteiger partial charge >= 0.3 is 0 Å². The van der Waals surface area contributed by atoms with Gasteiger partial charge < -0.3 is 0 Å². The van der Waals surface area contributed by atoms with Gasteiger partial charge in [-0.3, -0.25) is 0 Å². The number of aromatic nitrogens is 2. The van der Waals surface area contributed by atoms with Gasteiger partial charge in [-0.2, -0.15) is 0 Å². The minimum Gasteiger partial charge on any atom is -0.237 e. The Morgan fingerprint density at radius 1 is 1.40 bits per heavy atom. The first-order valence-corrected chi connectivity index (χ1v) is 5.82. The molecule has 1 saturated carbocycles. The van der Waals surface area contributed by atoms with Crippen molar-refractivity contribution in [2.24, 2.45) is 5.41 Å². The monoisotopic (exact) mass is 224 g/mol. The van der Waals surface area contributed by atoms with Gasteiger partial charge in [-0.05, 0) is 23.8 Å². The van der Waals surface area contributed by atoms with Gasteiger partial charge in [0, 0.05) is 11.6 Å². The Morgan fingerprint density at radius 3 is 2.47 bits per heavy atom. The summed E-state index contributed by atoms with van der Waals surface area (Å²) in [5.41, 5.74) is 1.41. The van der Waals surface area contributed by atoms with Crippen LogP contribution in [0.5, 0.6) is 0 Å². The summed E-state index contributed by atoms with van der Waals surface area (Å²) in [4.78, 5) is 8.92. The molecule has 0 radical (unpaired) electrons. The average molecular weight is 225 g/mol. The van der Waals surface area contributed by atoms with Crippen LogP contribution in [0.15, 0.2) is 6.07 Å². The van der Waals surface area contributed by atoms with Crippen molar-refractivity contribution in [3.63, 3.8) is 0 Å². The van der Waals surface area contributed by atoms with E-state index in [-0.39, 0.29) is 0 Å². The molecule has 1 heterocycles. The first kappa shape index (κ1) is 10.9. The van der Waals surface area contributed by atoms with E-state index in [0.717, 1.165) is 11.5 Å². The highest BCUT2D eigenvalue weighted by Gasteiger charge is 2.48. The molecule has 2 nitrogen and oxygen atoms in total. The Balaban J connectivity index is 2.33. The lowest BCUT2D eigenvalue weighted by Crippen LogP contribution is -2.02. The molecule has 0 aliphatic heterocycles. The normalized spacial score (nSPS) is 23.2. The van der Waals surface area contributed by atoms with Crippen molar-refractivity contribution in [1.82, 2.24) is 9.97 Å². The molecule has 0 N–H and O–H groups in total. The van der Waals surface area contributed by atoms with Crippen LogP contribution in [0.25, 0.3) is 0 Å². The van der Waals surface area contributed by atoms with Crippen LogP contribution < -0.4 is 0 Å². The van der Waals surface area contributed by atoms with Gasteiger partial charge in [-0.15, -0.1) is 0 Å². The highest BCUT2D eigenvalue weighted by atomic mass is 35.5. The maximum atomic E-state index is 6.01. The number of halogens is 1. The SMILES string of the molecule is CC(C)c1cc(Cl)nc(C2CC2(C)C)n1. The predicted octanol–water partition coefficient (Wildman–Crippen LogP) is 3.77. The van der Waals surface area contributed by atoms with Crippen molar-refractivity contribution < 1.29 is 0 Å². The summed E-state index contributed by atoms with van der Waals surface area (Å²) in [5.74, 6) is 1.83. The van der Waals surface area contributed by atoms with Crippen molar-refractivity contribution in [1.29, 1.82) is 0 Å². The molecule has 15 heavy (non-hydrogen) atoms. The first-order chi connectivity index (χ1) is 6.90. The van der Waals surface area contributed by atoms with Gasteiger partial charge in [0.25, 0.3) is 0 Å². The van der Waals surface area contributed by atoms with Crippen LogP contribution >= 0.6 is 11.6 Å². The fourth-order valence-electron chi connectivity index (χ4n) is 1.81. The molecule has 3 heteroatoms. The molecular weight excluding hydrogens is 208 g/mol. The average Bonchev–Trinajstić information content (AvgIpc) is 2.74. The standard InChI is InChI=1S/C12H17ClN2/c1-7(2)9-5-10(13)15-11(14-9)8-6-12(8,3)4/h5,7-8H,6H2,1-4H3. The van der Waals surface area contributed by atoms with Crippen molar-refractivity contribution in [2.45, 2.75) is 46.0 Å². The zero-order valence-electron chi connectivity index (χ0n) is 9.71. The topological polar surface area (TPSA) is 25.8 Å². The van der Waals surface area contributed by atoms with Crippen LogP contribution in [-0.2, 0) is 0 Å². The second kappa shape index (κ2) is 3.44. The zero-order valence-corrected chi connectivity index (χ0v) is 10.5. The van der Waals surface area contributed by atoms with Crippen molar-refractivity contribution in [2.75, 3.05) is 0 Å². The van der Waals surface area contributed by atoms with Gasteiger partial charge in [0.1, 0.15) is 11.0 Å². The molecule has 1 aliphatic rings. The quantitative estimate of drug-likeness (QED) is 0.715. The fraction of sp³-hybridized carbons (Fsp3) is 0.667. The maximum absolute atomic E-state index is 6.01. The van der Waals surface area contributed by atoms with Crippen LogP contribution in [0.4, 0.5) is 0 Å². The number of hydrogen-bond acceptors (Lipinski definition) is 2. The summed E-state index contributed by atoms with van der Waals surface area (Å²) in [6.07, 6.45) is 1.17. The summed E-state index contributed by atoms with van der Waals surface area (Å²) >= 11 is 6.01. The van der Waals surface area contributed by atoms with Crippen LogP contribution in [0.2, 0.25) is 5.15 Å². The largest absolute Gasteiger partial charge is 0.237 e. The van der Waals surface area contributed by atoms with Crippen molar-refractivity contribution in [3.8, 4) is 0 Å². The molecule has 0 amide bonds. The summed E-state index contributed by atoms with van der Waals surface area (Å²) in [5, 5.41) is 0.575. The first-order valence-electron chi connectivity index (χ1n) is 5.44. The summed E-state index contributed by atoms with van der Waals surface area (Å²) < 4.78 is 0. The molecule has 0 bridgehead atoms. The molecule has 1 fully saturated rings. The Bertz CT molecular complexity index is 385. The number of rotatable bonds is 2. The molecule has 2 rings (SSSR count). The lowest BCUT2D eigenvalue weighted by molar-refractivity contribution is 0.605. The zero-order chi connectivity index (χ0) is 11.2. The van der Waals surface area contributed by atoms with E-state index in [4.69, 9.17) is 11.6 Å². The van der Waals surface area contributed by atoms with Crippen molar-refractivity contribution in [3.05, 3.63) is 22.7 Å². The Hall–Kier alpha value is -0.630.